The maximum absolute atomic E-state index is 5.77. The molecule has 0 radical (unpaired) electrons. The van der Waals surface area contributed by atoms with Crippen molar-refractivity contribution in [3.8, 4) is 61.3 Å². The lowest BCUT2D eigenvalue weighted by Crippen LogP contribution is -2.22. The maximum atomic E-state index is 5.77. The molecule has 4 heteroatoms. The zero-order valence-electron chi connectivity index (χ0n) is 45.7. The molecule has 0 unspecified atom stereocenters. The maximum Gasteiger partial charge on any atom is 0.146 e. The van der Waals surface area contributed by atoms with Gasteiger partial charge in [0.15, 0.2) is 0 Å². The van der Waals surface area contributed by atoms with Crippen molar-refractivity contribution in [1.29, 1.82) is 0 Å². The lowest BCUT2D eigenvalue weighted by molar-refractivity contribution is 0.532. The van der Waals surface area contributed by atoms with Crippen molar-refractivity contribution in [2.75, 3.05) is 0 Å². The number of fused-ring (bicyclic) bond motifs is 17. The van der Waals surface area contributed by atoms with Crippen LogP contribution in [0, 0.1) is 0 Å². The predicted octanol–water partition coefficient (Wildman–Crippen LogP) is 20.0. The van der Waals surface area contributed by atoms with Gasteiger partial charge in [0.25, 0.3) is 0 Å². The fraction of sp³-hybridized carbons (Fsp3) is 0.173. The first kappa shape index (κ1) is 46.3. The molecule has 5 aromatic heterocycles. The van der Waals surface area contributed by atoms with Crippen molar-refractivity contribution in [2.24, 2.45) is 0 Å². The molecule has 14 aromatic rings. The Morgan fingerprint density at radius 1 is 0.418 bits per heavy atom. The Labute approximate surface area is 461 Å². The minimum atomic E-state index is -0.104. The topological polar surface area (TPSA) is 35.1 Å². The van der Waals surface area contributed by atoms with Crippen LogP contribution < -0.4 is 0 Å². The van der Waals surface area contributed by atoms with Crippen molar-refractivity contribution < 1.29 is 0 Å². The van der Waals surface area contributed by atoms with Gasteiger partial charge in [0.05, 0.1) is 45.8 Å². The summed E-state index contributed by atoms with van der Waals surface area (Å²) < 4.78 is 5.04. The first-order chi connectivity index (χ1) is 38.5. The summed E-state index contributed by atoms with van der Waals surface area (Å²) in [5.74, 6) is 0. The highest BCUT2D eigenvalue weighted by Crippen LogP contribution is 2.60. The van der Waals surface area contributed by atoms with Crippen LogP contribution in [0.1, 0.15) is 89.6 Å². The average Bonchev–Trinajstić information content (AvgIpc) is 2.13. The molecule has 2 aliphatic rings. The van der Waals surface area contributed by atoms with Gasteiger partial charge in [-0.3, -0.25) is 9.55 Å². The van der Waals surface area contributed by atoms with Crippen molar-refractivity contribution in [3.63, 3.8) is 0 Å². The molecule has 0 bridgehead atoms. The van der Waals surface area contributed by atoms with Crippen LogP contribution in [-0.2, 0) is 16.2 Å². The summed E-state index contributed by atoms with van der Waals surface area (Å²) in [6.45, 7) is 14.0. The number of nitrogens with zero attached hydrogens (tertiary/aromatic N) is 4. The van der Waals surface area contributed by atoms with Crippen LogP contribution in [0.5, 0.6) is 0 Å². The number of pyridine rings is 2. The van der Waals surface area contributed by atoms with E-state index in [0.29, 0.717) is 0 Å². The van der Waals surface area contributed by atoms with E-state index in [1.165, 1.54) is 139 Å². The van der Waals surface area contributed by atoms with Crippen LogP contribution in [0.3, 0.4) is 0 Å². The van der Waals surface area contributed by atoms with E-state index >= 15 is 0 Å². The van der Waals surface area contributed by atoms with Gasteiger partial charge in [0.2, 0.25) is 0 Å². The van der Waals surface area contributed by atoms with Gasteiger partial charge < -0.3 is 4.40 Å². The molecule has 16 rings (SSSR count). The van der Waals surface area contributed by atoms with Gasteiger partial charge in [0.1, 0.15) is 5.65 Å². The number of rotatable bonds is 5. The highest BCUT2D eigenvalue weighted by Gasteiger charge is 2.48. The van der Waals surface area contributed by atoms with Crippen LogP contribution in [-0.4, -0.2) is 18.9 Å². The zero-order valence-corrected chi connectivity index (χ0v) is 45.7. The molecule has 4 nitrogen and oxygen atoms in total. The predicted molar refractivity (Wildman–Crippen MR) is 332 cm³/mol. The fourth-order valence-electron chi connectivity index (χ4n) is 14.6. The van der Waals surface area contributed by atoms with Crippen LogP contribution in [0.25, 0.3) is 132 Å². The third kappa shape index (κ3) is 6.55. The van der Waals surface area contributed by atoms with Gasteiger partial charge in [-0.2, -0.15) is 0 Å². The number of aromatic nitrogens is 4. The highest BCUT2D eigenvalue weighted by atomic mass is 15.1. The molecule has 0 N–H and O–H groups in total. The van der Waals surface area contributed by atoms with E-state index in [1.54, 1.807) is 0 Å². The molecule has 9 aromatic carbocycles. The van der Waals surface area contributed by atoms with E-state index < -0.39 is 0 Å². The van der Waals surface area contributed by atoms with Gasteiger partial charge in [-0.05, 0) is 115 Å². The van der Waals surface area contributed by atoms with E-state index in [2.05, 4.69) is 257 Å². The third-order valence-corrected chi connectivity index (χ3v) is 18.3. The smallest absolute Gasteiger partial charge is 0.146 e. The van der Waals surface area contributed by atoms with E-state index in [4.69, 9.17) is 9.97 Å². The number of hydrogen-bond acceptors (Lipinski definition) is 2. The Hall–Kier alpha value is -8.86. The molecule has 0 atom stereocenters. The Bertz CT molecular complexity index is 4770. The fourth-order valence-corrected chi connectivity index (χ4v) is 14.6. The second kappa shape index (κ2) is 16.6. The molecular formula is C75H60N4. The van der Waals surface area contributed by atoms with Crippen molar-refractivity contribution in [3.05, 3.63) is 229 Å². The number of benzene rings is 9. The van der Waals surface area contributed by atoms with E-state index in [-0.39, 0.29) is 16.2 Å². The first-order valence-corrected chi connectivity index (χ1v) is 28.4. The van der Waals surface area contributed by atoms with Gasteiger partial charge in [-0.25, -0.2) is 4.98 Å². The van der Waals surface area contributed by atoms with Crippen molar-refractivity contribution in [2.45, 2.75) is 83.5 Å². The summed E-state index contributed by atoms with van der Waals surface area (Å²) >= 11 is 0. The van der Waals surface area contributed by atoms with Gasteiger partial charge >= 0.3 is 0 Å². The summed E-state index contributed by atoms with van der Waals surface area (Å²) in [5.41, 5.74) is 24.1. The highest BCUT2D eigenvalue weighted by molar-refractivity contribution is 6.34. The number of hydrogen-bond donors (Lipinski definition) is 0. The minimum Gasteiger partial charge on any atom is -0.305 e. The molecule has 1 spiro atoms. The average molecular weight is 1020 g/mol. The second-order valence-electron chi connectivity index (χ2n) is 24.8. The van der Waals surface area contributed by atoms with E-state index in [9.17, 15) is 0 Å². The van der Waals surface area contributed by atoms with Crippen LogP contribution in [0.4, 0.5) is 0 Å². The van der Waals surface area contributed by atoms with Crippen molar-refractivity contribution >= 4 is 70.8 Å². The van der Waals surface area contributed by atoms with Crippen LogP contribution in [0.2, 0.25) is 0 Å². The lowest BCUT2D eigenvalue weighted by Gasteiger charge is -2.26. The first-order valence-electron chi connectivity index (χ1n) is 28.4. The standard InChI is InChI=1S/C75H60N4/c1-73(2,3)50-32-35-60-56(41-50)67-65-58-39-49(64-52(45-21-10-7-11-22-45)29-20-30-53(64)46-23-12-8-13-24-46)40-59-66-63(78(70(58)59)62(65)43-76-71(67)75(60)37-18-19-38-75)44-77-72-68(66)57-42-51(74(4,5)6)33-36-61(57)79(72)69-54-28-17-16-27-48(54)31-34-55(69)47-25-14-9-15-26-47/h7-17,20-36,39-44H,18-19,37-38H2,1-6H3. The summed E-state index contributed by atoms with van der Waals surface area (Å²) in [5, 5.41) is 9.74. The quantitative estimate of drug-likeness (QED) is 0.172. The van der Waals surface area contributed by atoms with Gasteiger partial charge in [-0.1, -0.05) is 224 Å². The largest absolute Gasteiger partial charge is 0.305 e. The molecule has 0 aliphatic heterocycles. The molecule has 5 heterocycles. The van der Waals surface area contributed by atoms with Crippen LogP contribution in [0.15, 0.2) is 207 Å². The molecule has 0 amide bonds. The Balaban J connectivity index is 1.12. The van der Waals surface area contributed by atoms with E-state index in [0.717, 1.165) is 40.7 Å². The zero-order chi connectivity index (χ0) is 53.1. The van der Waals surface area contributed by atoms with Crippen molar-refractivity contribution in [1.82, 2.24) is 18.9 Å². The Morgan fingerprint density at radius 3 is 1.67 bits per heavy atom. The monoisotopic (exact) mass is 1020 g/mol. The summed E-state index contributed by atoms with van der Waals surface area (Å²) in [4.78, 5) is 11.5. The summed E-state index contributed by atoms with van der Waals surface area (Å²) in [6, 6.07) is 72.9. The van der Waals surface area contributed by atoms with Gasteiger partial charge in [0, 0.05) is 54.2 Å². The molecule has 380 valence electrons. The minimum absolute atomic E-state index is 0.0212. The molecule has 1 fully saturated rings. The van der Waals surface area contributed by atoms with E-state index in [1.807, 2.05) is 0 Å². The lowest BCUT2D eigenvalue weighted by atomic mass is 9.78. The molecular weight excluding hydrogens is 957 g/mol. The molecule has 0 saturated heterocycles. The third-order valence-electron chi connectivity index (χ3n) is 18.3. The van der Waals surface area contributed by atoms with Crippen LogP contribution >= 0.6 is 0 Å². The molecule has 1 saturated carbocycles. The SMILES string of the molecule is CC(C)(C)c1ccc2c(c1)-c1c(ncc3c1c1cc(-c4c(-c5ccccc5)cccc4-c4ccccc4)cc4c5c6c7cc(C(C)(C)C)ccc7n(-c7c(-c8ccccc8)ccc8ccccc78)c6ncc5n3c14)C21CCCC1. The normalized spacial score (nSPS) is 14.4. The second-order valence-corrected chi connectivity index (χ2v) is 24.8. The Morgan fingerprint density at radius 2 is 1.00 bits per heavy atom. The summed E-state index contributed by atoms with van der Waals surface area (Å²) in [6.07, 6.45) is 9.08. The Kier molecular flexibility index (Phi) is 9.71. The molecule has 2 aliphatic carbocycles. The summed E-state index contributed by atoms with van der Waals surface area (Å²) in [7, 11) is 0. The molecule has 79 heavy (non-hydrogen) atoms. The van der Waals surface area contributed by atoms with Gasteiger partial charge in [-0.15, -0.1) is 0 Å².